The van der Waals surface area contributed by atoms with Gasteiger partial charge in [-0.05, 0) is 61.4 Å². The number of anilines is 1. The molecule has 0 aliphatic carbocycles. The number of thioether (sulfide) groups is 1. The smallest absolute Gasteiger partial charge is 0.270 e. The van der Waals surface area contributed by atoms with Crippen LogP contribution in [0.4, 0.5) is 11.4 Å². The number of carbonyl (C=O) groups excluding carboxylic acids is 1. The summed E-state index contributed by atoms with van der Waals surface area (Å²) in [5.41, 5.74) is 3.33. The highest BCUT2D eigenvalue weighted by atomic mass is 32.2. The third-order valence-corrected chi connectivity index (χ3v) is 7.06. The Bertz CT molecular complexity index is 1380. The zero-order chi connectivity index (χ0) is 27.1. The van der Waals surface area contributed by atoms with Crippen LogP contribution < -0.4 is 14.4 Å². The number of amides is 1. The van der Waals surface area contributed by atoms with Crippen LogP contribution in [0, 0.1) is 24.0 Å². The minimum absolute atomic E-state index is 0.109. The number of thiocarbonyl (C=S) groups is 1. The van der Waals surface area contributed by atoms with E-state index in [0.717, 1.165) is 23.1 Å². The molecule has 1 aliphatic heterocycles. The van der Waals surface area contributed by atoms with Gasteiger partial charge in [0.1, 0.15) is 24.7 Å². The molecule has 0 bridgehead atoms. The minimum Gasteiger partial charge on any atom is -0.491 e. The molecule has 0 atom stereocenters. The number of hydrogen-bond donors (Lipinski definition) is 0. The lowest BCUT2D eigenvalue weighted by Gasteiger charge is -2.14. The topological polar surface area (TPSA) is 91.1 Å². The van der Waals surface area contributed by atoms with E-state index in [0.29, 0.717) is 46.0 Å². The number of rotatable bonds is 11. The summed E-state index contributed by atoms with van der Waals surface area (Å²) in [5, 5.41) is 11.4. The number of carbonyl (C=O) groups is 1. The van der Waals surface area contributed by atoms with E-state index in [1.165, 1.54) is 28.7 Å². The van der Waals surface area contributed by atoms with Crippen molar-refractivity contribution in [1.29, 1.82) is 0 Å². The molecule has 4 rings (SSSR count). The quantitative estimate of drug-likeness (QED) is 0.0931. The van der Waals surface area contributed by atoms with Crippen molar-refractivity contribution in [2.45, 2.75) is 13.8 Å². The van der Waals surface area contributed by atoms with Crippen molar-refractivity contribution in [3.8, 4) is 11.5 Å². The van der Waals surface area contributed by atoms with Crippen LogP contribution >= 0.6 is 24.0 Å². The van der Waals surface area contributed by atoms with Crippen molar-refractivity contribution in [3.05, 3.63) is 98.4 Å². The fourth-order valence-corrected chi connectivity index (χ4v) is 4.93. The van der Waals surface area contributed by atoms with Crippen LogP contribution in [0.2, 0.25) is 0 Å². The van der Waals surface area contributed by atoms with Gasteiger partial charge in [-0.1, -0.05) is 48.2 Å². The van der Waals surface area contributed by atoms with Crippen molar-refractivity contribution >= 4 is 51.7 Å². The van der Waals surface area contributed by atoms with Crippen LogP contribution in [0.15, 0.2) is 71.6 Å². The summed E-state index contributed by atoms with van der Waals surface area (Å²) in [7, 11) is 0. The monoisotopic (exact) mass is 550 g/mol. The molecule has 1 amide bonds. The Balaban J connectivity index is 1.37. The standard InChI is InChI=1S/C28H26N2O6S2/c1-19-8-10-24(16-20(19)2)35-14-12-34-13-15-36-25-11-9-23(30(32)33)17-21(25)18-26-27(31)29(28(37)38-26)22-6-4-3-5-7-22/h3-11,16-18H,12-15H2,1-2H3/b26-18+. The second kappa shape index (κ2) is 12.7. The van der Waals surface area contributed by atoms with Gasteiger partial charge in [-0.25, -0.2) is 0 Å². The maximum atomic E-state index is 13.1. The Morgan fingerprint density at radius 2 is 1.68 bits per heavy atom. The predicted octanol–water partition coefficient (Wildman–Crippen LogP) is 6.09. The lowest BCUT2D eigenvalue weighted by molar-refractivity contribution is -0.384. The molecule has 0 saturated carbocycles. The van der Waals surface area contributed by atoms with E-state index in [2.05, 4.69) is 0 Å². The van der Waals surface area contributed by atoms with Crippen molar-refractivity contribution in [3.63, 3.8) is 0 Å². The Hall–Kier alpha value is -3.73. The number of non-ortho nitro benzene ring substituents is 1. The summed E-state index contributed by atoms with van der Waals surface area (Å²) in [6, 6.07) is 19.3. The van der Waals surface area contributed by atoms with Gasteiger partial charge in [0, 0.05) is 17.7 Å². The second-order valence-electron chi connectivity index (χ2n) is 8.39. The average Bonchev–Trinajstić information content (AvgIpc) is 3.18. The molecule has 0 radical (unpaired) electrons. The zero-order valence-corrected chi connectivity index (χ0v) is 22.6. The Labute approximate surface area is 230 Å². The predicted molar refractivity (Wildman–Crippen MR) is 153 cm³/mol. The van der Waals surface area contributed by atoms with Crippen molar-refractivity contribution in [2.24, 2.45) is 0 Å². The third-order valence-electron chi connectivity index (χ3n) is 5.76. The number of hydrogen-bond acceptors (Lipinski definition) is 8. The number of nitro benzene ring substituents is 1. The van der Waals surface area contributed by atoms with Gasteiger partial charge in [0.15, 0.2) is 4.32 Å². The van der Waals surface area contributed by atoms with Gasteiger partial charge in [0.25, 0.3) is 11.6 Å². The highest BCUT2D eigenvalue weighted by molar-refractivity contribution is 8.27. The molecule has 196 valence electrons. The molecule has 1 aliphatic rings. The summed E-state index contributed by atoms with van der Waals surface area (Å²) >= 11 is 6.55. The van der Waals surface area contributed by atoms with Crippen LogP contribution in [0.3, 0.4) is 0 Å². The third kappa shape index (κ3) is 6.77. The molecule has 0 spiro atoms. The van der Waals surface area contributed by atoms with E-state index < -0.39 is 4.92 Å². The van der Waals surface area contributed by atoms with Crippen LogP contribution in [-0.2, 0) is 9.53 Å². The second-order valence-corrected chi connectivity index (χ2v) is 10.1. The fourth-order valence-electron chi connectivity index (χ4n) is 3.64. The zero-order valence-electron chi connectivity index (χ0n) is 20.9. The van der Waals surface area contributed by atoms with Crippen molar-refractivity contribution in [2.75, 3.05) is 31.3 Å². The van der Waals surface area contributed by atoms with Gasteiger partial charge in [0.05, 0.1) is 28.7 Å². The molecule has 0 N–H and O–H groups in total. The summed E-state index contributed by atoms with van der Waals surface area (Å²) in [6.07, 6.45) is 1.57. The molecule has 1 fully saturated rings. The van der Waals surface area contributed by atoms with E-state index in [1.807, 2.05) is 50.2 Å². The van der Waals surface area contributed by atoms with E-state index in [4.69, 9.17) is 26.4 Å². The molecule has 38 heavy (non-hydrogen) atoms. The first-order chi connectivity index (χ1) is 18.3. The molecule has 10 heteroatoms. The first-order valence-electron chi connectivity index (χ1n) is 11.9. The summed E-state index contributed by atoms with van der Waals surface area (Å²) < 4.78 is 17.5. The van der Waals surface area contributed by atoms with Gasteiger partial charge >= 0.3 is 0 Å². The summed E-state index contributed by atoms with van der Waals surface area (Å²) in [5.74, 6) is 0.896. The molecule has 0 aromatic heterocycles. The maximum absolute atomic E-state index is 13.1. The molecule has 3 aromatic carbocycles. The Morgan fingerprint density at radius 1 is 0.947 bits per heavy atom. The summed E-state index contributed by atoms with van der Waals surface area (Å²) in [4.78, 5) is 25.8. The van der Waals surface area contributed by atoms with Crippen LogP contribution in [0.5, 0.6) is 11.5 Å². The molecule has 1 saturated heterocycles. The molecule has 0 unspecified atom stereocenters. The van der Waals surface area contributed by atoms with Crippen LogP contribution in [0.1, 0.15) is 16.7 Å². The fraction of sp³-hybridized carbons (Fsp3) is 0.214. The highest BCUT2D eigenvalue weighted by Gasteiger charge is 2.33. The van der Waals surface area contributed by atoms with E-state index in [-0.39, 0.29) is 18.2 Å². The number of nitrogens with zero attached hydrogens (tertiary/aromatic N) is 2. The molecular weight excluding hydrogens is 524 g/mol. The van der Waals surface area contributed by atoms with Gasteiger partial charge in [-0.2, -0.15) is 0 Å². The van der Waals surface area contributed by atoms with E-state index >= 15 is 0 Å². The highest BCUT2D eigenvalue weighted by Crippen LogP contribution is 2.37. The van der Waals surface area contributed by atoms with E-state index in [1.54, 1.807) is 18.2 Å². The van der Waals surface area contributed by atoms with E-state index in [9.17, 15) is 14.9 Å². The van der Waals surface area contributed by atoms with Crippen LogP contribution in [0.25, 0.3) is 6.08 Å². The van der Waals surface area contributed by atoms with Crippen molar-refractivity contribution < 1.29 is 23.9 Å². The first kappa shape index (κ1) is 27.3. The number of aryl methyl sites for hydroxylation is 2. The van der Waals surface area contributed by atoms with Crippen molar-refractivity contribution in [1.82, 2.24) is 0 Å². The lowest BCUT2D eigenvalue weighted by atomic mass is 10.1. The molecular formula is C28H26N2O6S2. The van der Waals surface area contributed by atoms with Crippen LogP contribution in [-0.4, -0.2) is 41.6 Å². The summed E-state index contributed by atoms with van der Waals surface area (Å²) in [6.45, 7) is 5.37. The SMILES string of the molecule is Cc1ccc(OCCOCCOc2ccc([N+](=O)[O-])cc2/C=C2/SC(=S)N(c3ccccc3)C2=O)cc1C. The number of ether oxygens (including phenoxy) is 3. The average molecular weight is 551 g/mol. The number of para-hydroxylation sites is 1. The Morgan fingerprint density at radius 3 is 2.39 bits per heavy atom. The van der Waals surface area contributed by atoms with Gasteiger partial charge in [-0.15, -0.1) is 0 Å². The van der Waals surface area contributed by atoms with Gasteiger partial charge in [0.2, 0.25) is 0 Å². The first-order valence-corrected chi connectivity index (χ1v) is 13.1. The molecule has 8 nitrogen and oxygen atoms in total. The Kier molecular flexibility index (Phi) is 9.11. The molecule has 3 aromatic rings. The van der Waals surface area contributed by atoms with Gasteiger partial charge < -0.3 is 14.2 Å². The number of nitro groups is 1. The largest absolute Gasteiger partial charge is 0.491 e. The van der Waals surface area contributed by atoms with Gasteiger partial charge in [-0.3, -0.25) is 19.8 Å². The number of benzene rings is 3. The minimum atomic E-state index is -0.491. The lowest BCUT2D eigenvalue weighted by Crippen LogP contribution is -2.27. The molecule has 1 heterocycles. The maximum Gasteiger partial charge on any atom is 0.270 e. The normalized spacial score (nSPS) is 14.3.